The largest absolute Gasteiger partial charge is 0.437 e. The summed E-state index contributed by atoms with van der Waals surface area (Å²) in [4.78, 5) is 12.9. The molecule has 0 aliphatic carbocycles. The molecule has 31 heavy (non-hydrogen) atoms. The third kappa shape index (κ3) is 2.88. The maximum Gasteiger partial charge on any atom is 0.227 e. The van der Waals surface area contributed by atoms with Gasteiger partial charge in [0.2, 0.25) is 5.71 Å². The number of hydrogen-bond donors (Lipinski definition) is 0. The third-order valence-corrected chi connectivity index (χ3v) is 5.50. The number of para-hydroxylation sites is 1. The molecule has 6 aromatic rings. The molecule has 0 fully saturated rings. The number of pyridine rings is 3. The fourth-order valence-corrected chi connectivity index (χ4v) is 3.97. The lowest BCUT2D eigenvalue weighted by molar-refractivity contribution is 0.653. The molecule has 4 nitrogen and oxygen atoms in total. The van der Waals surface area contributed by atoms with Crippen molar-refractivity contribution in [3.63, 3.8) is 0 Å². The molecular formula is C27H19N3O. The Labute approximate surface area is 187 Å². The van der Waals surface area contributed by atoms with Crippen molar-refractivity contribution in [1.29, 1.82) is 0 Å². The lowest BCUT2D eigenvalue weighted by atomic mass is 9.97. The van der Waals surface area contributed by atoms with E-state index in [9.17, 15) is 0 Å². The number of aromatic nitrogens is 3. The van der Waals surface area contributed by atoms with Gasteiger partial charge in [-0.1, -0.05) is 24.3 Å². The summed E-state index contributed by atoms with van der Waals surface area (Å²) < 4.78 is 53.3. The second-order valence-electron chi connectivity index (χ2n) is 7.39. The Morgan fingerprint density at radius 2 is 1.84 bits per heavy atom. The van der Waals surface area contributed by atoms with Crippen molar-refractivity contribution in [3.05, 3.63) is 90.5 Å². The minimum Gasteiger partial charge on any atom is -0.437 e. The first-order valence-corrected chi connectivity index (χ1v) is 9.77. The Kier molecular flexibility index (Phi) is 2.74. The summed E-state index contributed by atoms with van der Waals surface area (Å²) >= 11 is 0. The van der Waals surface area contributed by atoms with E-state index in [-0.39, 0.29) is 17.0 Å². The molecule has 4 heteroatoms. The van der Waals surface area contributed by atoms with E-state index in [4.69, 9.17) is 12.6 Å². The molecule has 0 unspecified atom stereocenters. The van der Waals surface area contributed by atoms with Crippen LogP contribution in [0.4, 0.5) is 0 Å². The van der Waals surface area contributed by atoms with Crippen LogP contribution in [0.25, 0.3) is 55.2 Å². The van der Waals surface area contributed by atoms with Gasteiger partial charge in [-0.2, -0.15) is 0 Å². The summed E-state index contributed by atoms with van der Waals surface area (Å²) in [5, 5.41) is 3.34. The molecule has 0 saturated carbocycles. The highest BCUT2D eigenvalue weighted by molar-refractivity contribution is 6.08. The van der Waals surface area contributed by atoms with Crippen molar-refractivity contribution in [2.24, 2.45) is 0 Å². The molecule has 0 aliphatic heterocycles. The highest BCUT2D eigenvalue weighted by Gasteiger charge is 2.15. The lowest BCUT2D eigenvalue weighted by Gasteiger charge is -2.10. The number of furan rings is 1. The van der Waals surface area contributed by atoms with E-state index in [2.05, 4.69) is 15.0 Å². The number of aryl methyl sites for hydroxylation is 2. The number of fused-ring (bicyclic) bond motifs is 4. The Morgan fingerprint density at radius 3 is 2.77 bits per heavy atom. The molecule has 0 N–H and O–H groups in total. The Morgan fingerprint density at radius 1 is 0.839 bits per heavy atom. The highest BCUT2D eigenvalue weighted by Crippen LogP contribution is 2.36. The summed E-state index contributed by atoms with van der Waals surface area (Å²) in [5.74, 6) is 0. The molecule has 2 aromatic carbocycles. The average Bonchev–Trinajstić information content (AvgIpc) is 3.25. The summed E-state index contributed by atoms with van der Waals surface area (Å²) in [6.45, 7) is -4.72. The zero-order chi connectivity index (χ0) is 25.9. The van der Waals surface area contributed by atoms with Crippen LogP contribution in [0.5, 0.6) is 0 Å². The van der Waals surface area contributed by atoms with Crippen molar-refractivity contribution in [2.45, 2.75) is 13.7 Å². The second-order valence-corrected chi connectivity index (χ2v) is 7.39. The van der Waals surface area contributed by atoms with Crippen LogP contribution in [0.2, 0.25) is 0 Å². The summed E-state index contributed by atoms with van der Waals surface area (Å²) in [6, 6.07) is 18.1. The Bertz CT molecular complexity index is 1820. The van der Waals surface area contributed by atoms with Gasteiger partial charge < -0.3 is 4.42 Å². The van der Waals surface area contributed by atoms with Crippen molar-refractivity contribution < 1.29 is 12.6 Å². The monoisotopic (exact) mass is 407 g/mol. The van der Waals surface area contributed by atoms with Crippen LogP contribution in [0.15, 0.2) is 83.7 Å². The van der Waals surface area contributed by atoms with Gasteiger partial charge in [0.05, 0.1) is 5.69 Å². The first-order valence-electron chi connectivity index (χ1n) is 12.8. The number of benzene rings is 2. The first-order chi connectivity index (χ1) is 17.6. The Hall–Kier alpha value is -4.05. The maximum absolute atomic E-state index is 8.09. The van der Waals surface area contributed by atoms with E-state index in [1.807, 2.05) is 42.5 Å². The molecule has 148 valence electrons. The lowest BCUT2D eigenvalue weighted by Crippen LogP contribution is -1.90. The van der Waals surface area contributed by atoms with Gasteiger partial charge in [-0.25, -0.2) is 4.98 Å². The number of hydrogen-bond acceptors (Lipinski definition) is 4. The van der Waals surface area contributed by atoms with Gasteiger partial charge in [0, 0.05) is 54.2 Å². The molecule has 4 aromatic heterocycles. The number of rotatable bonds is 2. The summed E-state index contributed by atoms with van der Waals surface area (Å²) in [5.41, 5.74) is 3.28. The van der Waals surface area contributed by atoms with Crippen molar-refractivity contribution in [1.82, 2.24) is 15.0 Å². The highest BCUT2D eigenvalue weighted by atomic mass is 16.3. The minimum atomic E-state index is -2.37. The van der Waals surface area contributed by atoms with Crippen molar-refractivity contribution in [3.8, 4) is 22.4 Å². The predicted octanol–water partition coefficient (Wildman–Crippen LogP) is 6.88. The Balaban J connectivity index is 1.57. The molecule has 0 atom stereocenters. The van der Waals surface area contributed by atoms with Crippen LogP contribution in [0.3, 0.4) is 0 Å². The maximum atomic E-state index is 8.09. The molecule has 4 heterocycles. The van der Waals surface area contributed by atoms with E-state index in [0.717, 1.165) is 21.7 Å². The molecule has 0 amide bonds. The molecule has 0 radical (unpaired) electrons. The van der Waals surface area contributed by atoms with Gasteiger partial charge in [0.1, 0.15) is 5.58 Å². The van der Waals surface area contributed by atoms with Gasteiger partial charge in [-0.05, 0) is 72.2 Å². The molecule has 0 spiro atoms. The zero-order valence-corrected chi connectivity index (χ0v) is 16.3. The van der Waals surface area contributed by atoms with Crippen LogP contribution < -0.4 is 0 Å². The minimum absolute atomic E-state index is 0.0467. The molecule has 6 rings (SSSR count). The zero-order valence-electron chi connectivity index (χ0n) is 22.3. The van der Waals surface area contributed by atoms with Crippen molar-refractivity contribution >= 4 is 32.8 Å². The number of nitrogens with zero attached hydrogens (tertiary/aromatic N) is 3. The van der Waals surface area contributed by atoms with Gasteiger partial charge in [0.25, 0.3) is 0 Å². The van der Waals surface area contributed by atoms with Crippen LogP contribution in [0.1, 0.15) is 19.5 Å². The summed E-state index contributed by atoms with van der Waals surface area (Å²) in [6.07, 6.45) is 4.85. The SMILES string of the molecule is [2H]C([2H])([2H])c1ccc2c(n1)oc1c(-c3cc(-c4ccc5cnccc5c4)c(C([2H])([2H])[2H])cn3)cccc12. The average molecular weight is 408 g/mol. The third-order valence-electron chi connectivity index (χ3n) is 5.50. The van der Waals surface area contributed by atoms with Crippen LogP contribution >= 0.6 is 0 Å². The van der Waals surface area contributed by atoms with Gasteiger partial charge in [-0.15, -0.1) is 0 Å². The van der Waals surface area contributed by atoms with E-state index >= 15 is 0 Å². The first kappa shape index (κ1) is 12.6. The van der Waals surface area contributed by atoms with Crippen molar-refractivity contribution in [2.75, 3.05) is 0 Å². The summed E-state index contributed by atoms with van der Waals surface area (Å²) in [7, 11) is 0. The molecule has 0 aliphatic rings. The van der Waals surface area contributed by atoms with E-state index in [1.165, 1.54) is 12.3 Å². The smallest absolute Gasteiger partial charge is 0.227 e. The molecular weight excluding hydrogens is 382 g/mol. The quantitative estimate of drug-likeness (QED) is 0.314. The molecule has 0 bridgehead atoms. The van der Waals surface area contributed by atoms with E-state index in [0.29, 0.717) is 27.8 Å². The predicted molar refractivity (Wildman–Crippen MR) is 125 cm³/mol. The van der Waals surface area contributed by atoms with Gasteiger partial charge in [-0.3, -0.25) is 9.97 Å². The van der Waals surface area contributed by atoms with Gasteiger partial charge in [0.15, 0.2) is 0 Å². The van der Waals surface area contributed by atoms with Gasteiger partial charge >= 0.3 is 0 Å². The van der Waals surface area contributed by atoms with E-state index in [1.54, 1.807) is 24.5 Å². The van der Waals surface area contributed by atoms with Crippen LogP contribution in [-0.2, 0) is 0 Å². The normalized spacial score (nSPS) is 15.2. The van der Waals surface area contributed by atoms with Crippen LogP contribution in [-0.4, -0.2) is 15.0 Å². The second kappa shape index (κ2) is 6.74. The fourth-order valence-electron chi connectivity index (χ4n) is 3.97. The topological polar surface area (TPSA) is 51.8 Å². The molecule has 0 saturated heterocycles. The standard InChI is InChI=1S/C27H19N3O/c1-16-14-29-25(13-24(16)19-7-8-20-15-28-11-10-18(20)12-19)23-5-3-4-21-22-9-6-17(2)30-27(22)31-26(21)23/h3-15H,1-2H3/i1D3,2D3. The van der Waals surface area contributed by atoms with E-state index < -0.39 is 13.7 Å². The fraction of sp³-hybridized carbons (Fsp3) is 0.0741. The van der Waals surface area contributed by atoms with Crippen LogP contribution in [0, 0.1) is 13.7 Å².